The smallest absolute Gasteiger partial charge is 0.346 e. The standard InChI is InChI=1S/C22H16N2O3/c1-2-24-19-6-4-3-5-17(19)18-12-14(7-9-20(18)24)21-10-8-16(27-21)11-15(13-23)22(25)26/h3-12H,2H2,1H3,(H,25,26)/b15-11+. The van der Waals surface area contributed by atoms with Crippen molar-refractivity contribution in [3.63, 3.8) is 0 Å². The highest BCUT2D eigenvalue weighted by Gasteiger charge is 2.13. The first kappa shape index (κ1) is 16.7. The van der Waals surface area contributed by atoms with Crippen molar-refractivity contribution in [2.24, 2.45) is 0 Å². The SMILES string of the molecule is CCn1c2ccccc2c2cc(-c3ccc(/C=C(\C#N)C(=O)O)o3)ccc21. The van der Waals surface area contributed by atoms with E-state index in [0.29, 0.717) is 11.5 Å². The molecule has 0 saturated carbocycles. The van der Waals surface area contributed by atoms with Crippen molar-refractivity contribution >= 4 is 33.9 Å². The van der Waals surface area contributed by atoms with Gasteiger partial charge >= 0.3 is 5.97 Å². The molecule has 0 aliphatic heterocycles. The Labute approximate surface area is 155 Å². The molecular weight excluding hydrogens is 340 g/mol. The summed E-state index contributed by atoms with van der Waals surface area (Å²) >= 11 is 0. The maximum absolute atomic E-state index is 11.0. The van der Waals surface area contributed by atoms with E-state index in [2.05, 4.69) is 35.8 Å². The molecular formula is C22H16N2O3. The maximum atomic E-state index is 11.0. The summed E-state index contributed by atoms with van der Waals surface area (Å²) in [6, 6.07) is 19.5. The van der Waals surface area contributed by atoms with Crippen LogP contribution in [-0.4, -0.2) is 15.6 Å². The summed E-state index contributed by atoms with van der Waals surface area (Å²) in [5, 5.41) is 20.2. The van der Waals surface area contributed by atoms with Gasteiger partial charge in [0.25, 0.3) is 0 Å². The van der Waals surface area contributed by atoms with Gasteiger partial charge in [-0.2, -0.15) is 5.26 Å². The Balaban J connectivity index is 1.83. The Morgan fingerprint density at radius 3 is 2.67 bits per heavy atom. The highest BCUT2D eigenvalue weighted by atomic mass is 16.4. The lowest BCUT2D eigenvalue weighted by molar-refractivity contribution is -0.132. The zero-order valence-electron chi connectivity index (χ0n) is 14.6. The molecule has 0 aliphatic rings. The zero-order chi connectivity index (χ0) is 19.0. The molecule has 0 amide bonds. The first-order valence-corrected chi connectivity index (χ1v) is 8.58. The molecule has 0 aliphatic carbocycles. The monoisotopic (exact) mass is 356 g/mol. The van der Waals surface area contributed by atoms with Crippen molar-refractivity contribution in [3.8, 4) is 17.4 Å². The van der Waals surface area contributed by atoms with Gasteiger partial charge in [-0.3, -0.25) is 0 Å². The molecule has 132 valence electrons. The number of carbonyl (C=O) groups is 1. The molecule has 1 N–H and O–H groups in total. The van der Waals surface area contributed by atoms with Crippen molar-refractivity contribution in [2.75, 3.05) is 0 Å². The third-order valence-corrected chi connectivity index (χ3v) is 4.64. The van der Waals surface area contributed by atoms with Gasteiger partial charge in [0.1, 0.15) is 23.2 Å². The van der Waals surface area contributed by atoms with E-state index in [1.165, 1.54) is 17.0 Å². The quantitative estimate of drug-likeness (QED) is 0.409. The molecule has 0 spiro atoms. The normalized spacial score (nSPS) is 11.8. The van der Waals surface area contributed by atoms with E-state index in [-0.39, 0.29) is 5.57 Å². The molecule has 27 heavy (non-hydrogen) atoms. The molecule has 0 unspecified atom stereocenters. The third kappa shape index (κ3) is 2.77. The fraction of sp³-hybridized carbons (Fsp3) is 0.0909. The van der Waals surface area contributed by atoms with Crippen LogP contribution < -0.4 is 0 Å². The lowest BCUT2D eigenvalue weighted by Crippen LogP contribution is -1.96. The molecule has 4 aromatic rings. The fourth-order valence-electron chi connectivity index (χ4n) is 3.42. The summed E-state index contributed by atoms with van der Waals surface area (Å²) in [6.45, 7) is 3.01. The molecule has 0 saturated heterocycles. The van der Waals surface area contributed by atoms with E-state index in [1.54, 1.807) is 18.2 Å². The summed E-state index contributed by atoms with van der Waals surface area (Å²) in [5.41, 5.74) is 2.88. The number of hydrogen-bond acceptors (Lipinski definition) is 3. The number of furan rings is 1. The number of aliphatic carboxylic acids is 1. The summed E-state index contributed by atoms with van der Waals surface area (Å²) in [6.07, 6.45) is 1.23. The van der Waals surface area contributed by atoms with Gasteiger partial charge in [-0.15, -0.1) is 0 Å². The summed E-state index contributed by atoms with van der Waals surface area (Å²) in [4.78, 5) is 11.0. The topological polar surface area (TPSA) is 79.2 Å². The number of carboxylic acid groups (broad SMARTS) is 1. The van der Waals surface area contributed by atoms with Gasteiger partial charge < -0.3 is 14.1 Å². The van der Waals surface area contributed by atoms with Gasteiger partial charge in [-0.25, -0.2) is 4.79 Å². The van der Waals surface area contributed by atoms with Crippen LogP contribution in [0.4, 0.5) is 0 Å². The van der Waals surface area contributed by atoms with E-state index in [1.807, 2.05) is 18.2 Å². The molecule has 0 bridgehead atoms. The summed E-state index contributed by atoms with van der Waals surface area (Å²) in [7, 11) is 0. The van der Waals surface area contributed by atoms with Crippen LogP contribution in [0.2, 0.25) is 0 Å². The van der Waals surface area contributed by atoms with Crippen molar-refractivity contribution in [1.29, 1.82) is 5.26 Å². The van der Waals surface area contributed by atoms with Gasteiger partial charge in [0.2, 0.25) is 0 Å². The minimum Gasteiger partial charge on any atom is -0.477 e. The summed E-state index contributed by atoms with van der Waals surface area (Å²) in [5.74, 6) is -0.316. The van der Waals surface area contributed by atoms with Gasteiger partial charge in [-0.1, -0.05) is 18.2 Å². The van der Waals surface area contributed by atoms with E-state index in [9.17, 15) is 4.79 Å². The van der Waals surface area contributed by atoms with Gasteiger partial charge in [0.15, 0.2) is 0 Å². The van der Waals surface area contributed by atoms with Crippen LogP contribution in [0.15, 0.2) is 64.6 Å². The second-order valence-corrected chi connectivity index (χ2v) is 6.17. The number of hydrogen-bond donors (Lipinski definition) is 1. The average Bonchev–Trinajstić information content (AvgIpc) is 3.27. The Hall–Kier alpha value is -3.78. The van der Waals surface area contributed by atoms with Crippen LogP contribution in [-0.2, 0) is 11.3 Å². The van der Waals surface area contributed by atoms with Crippen LogP contribution in [0.25, 0.3) is 39.2 Å². The Bertz CT molecular complexity index is 1250. The average molecular weight is 356 g/mol. The van der Waals surface area contributed by atoms with E-state index in [0.717, 1.165) is 23.0 Å². The molecule has 0 fully saturated rings. The molecule has 2 aromatic heterocycles. The third-order valence-electron chi connectivity index (χ3n) is 4.64. The van der Waals surface area contributed by atoms with Gasteiger partial charge in [0, 0.05) is 40.0 Å². The number of fused-ring (bicyclic) bond motifs is 3. The molecule has 2 heterocycles. The van der Waals surface area contributed by atoms with E-state index >= 15 is 0 Å². The fourth-order valence-corrected chi connectivity index (χ4v) is 3.42. The number of rotatable bonds is 4. The van der Waals surface area contributed by atoms with Crippen molar-refractivity contribution in [2.45, 2.75) is 13.5 Å². The largest absolute Gasteiger partial charge is 0.477 e. The molecule has 0 atom stereocenters. The van der Waals surface area contributed by atoms with Crippen LogP contribution >= 0.6 is 0 Å². The Morgan fingerprint density at radius 2 is 1.93 bits per heavy atom. The van der Waals surface area contributed by atoms with E-state index in [4.69, 9.17) is 14.8 Å². The second-order valence-electron chi connectivity index (χ2n) is 6.17. The highest BCUT2D eigenvalue weighted by Crippen LogP contribution is 2.33. The minimum atomic E-state index is -1.27. The van der Waals surface area contributed by atoms with Gasteiger partial charge in [0.05, 0.1) is 0 Å². The van der Waals surface area contributed by atoms with Crippen LogP contribution in [0.5, 0.6) is 0 Å². The predicted molar refractivity (Wildman–Crippen MR) is 104 cm³/mol. The summed E-state index contributed by atoms with van der Waals surface area (Å²) < 4.78 is 8.02. The van der Waals surface area contributed by atoms with Crippen LogP contribution in [0.3, 0.4) is 0 Å². The molecule has 4 rings (SSSR count). The molecule has 2 aromatic carbocycles. The maximum Gasteiger partial charge on any atom is 0.346 e. The van der Waals surface area contributed by atoms with Crippen LogP contribution in [0.1, 0.15) is 12.7 Å². The zero-order valence-corrected chi connectivity index (χ0v) is 14.6. The Kier molecular flexibility index (Phi) is 4.02. The van der Waals surface area contributed by atoms with Crippen molar-refractivity contribution in [1.82, 2.24) is 4.57 Å². The lowest BCUT2D eigenvalue weighted by Gasteiger charge is -2.03. The number of aryl methyl sites for hydroxylation is 1. The van der Waals surface area contributed by atoms with E-state index < -0.39 is 5.97 Å². The predicted octanol–water partition coefficient (Wildman–Crippen LogP) is 5.07. The number of nitriles is 1. The number of aromatic nitrogens is 1. The molecule has 5 heteroatoms. The Morgan fingerprint density at radius 1 is 1.15 bits per heavy atom. The first-order valence-electron chi connectivity index (χ1n) is 8.58. The lowest BCUT2D eigenvalue weighted by atomic mass is 10.1. The molecule has 0 radical (unpaired) electrons. The van der Waals surface area contributed by atoms with Crippen LogP contribution in [0, 0.1) is 11.3 Å². The number of benzene rings is 2. The number of carboxylic acids is 1. The highest BCUT2D eigenvalue weighted by molar-refractivity contribution is 6.09. The minimum absolute atomic E-state index is 0.333. The second kappa shape index (κ2) is 6.50. The van der Waals surface area contributed by atoms with Gasteiger partial charge in [-0.05, 0) is 43.3 Å². The van der Waals surface area contributed by atoms with Crippen molar-refractivity contribution in [3.05, 3.63) is 65.9 Å². The number of para-hydroxylation sites is 1. The van der Waals surface area contributed by atoms with Crippen molar-refractivity contribution < 1.29 is 14.3 Å². The first-order chi connectivity index (χ1) is 13.1. The molecule has 5 nitrogen and oxygen atoms in total. The number of nitrogens with zero attached hydrogens (tertiary/aromatic N) is 2.